The number of nitrogens with one attached hydrogen (secondary N) is 2. The average molecular weight is 435 g/mol. The summed E-state index contributed by atoms with van der Waals surface area (Å²) in [6, 6.07) is 7.96. The highest BCUT2D eigenvalue weighted by Gasteiger charge is 2.25. The van der Waals surface area contributed by atoms with Gasteiger partial charge in [-0.25, -0.2) is 23.1 Å². The molecule has 0 unspecified atom stereocenters. The number of ketones is 1. The second-order valence-electron chi connectivity index (χ2n) is 5.84. The maximum absolute atomic E-state index is 15.0. The zero-order valence-electron chi connectivity index (χ0n) is 14.3. The third-order valence-corrected chi connectivity index (χ3v) is 5.25. The number of benzene rings is 2. The third-order valence-electron chi connectivity index (χ3n) is 4.09. The fraction of sp³-hybridized carbons (Fsp3) is 0. The normalized spacial score (nSPS) is 11.0. The van der Waals surface area contributed by atoms with Gasteiger partial charge in [-0.1, -0.05) is 23.7 Å². The first-order chi connectivity index (χ1) is 14.0. The fourth-order valence-electron chi connectivity index (χ4n) is 2.72. The monoisotopic (exact) mass is 434 g/mol. The first-order valence-electron chi connectivity index (χ1n) is 8.15. The molecule has 0 amide bonds. The summed E-state index contributed by atoms with van der Waals surface area (Å²) in [4.78, 5) is 23.5. The van der Waals surface area contributed by atoms with Crippen LogP contribution in [0.2, 0.25) is 5.15 Å². The molecule has 5 nitrogen and oxygen atoms in total. The van der Waals surface area contributed by atoms with Crippen LogP contribution in [-0.2, 0) is 0 Å². The van der Waals surface area contributed by atoms with Gasteiger partial charge < -0.3 is 9.71 Å². The Labute approximate surface area is 171 Å². The highest BCUT2D eigenvalue weighted by Crippen LogP contribution is 2.31. The first-order valence-corrected chi connectivity index (χ1v) is 9.34. The van der Waals surface area contributed by atoms with Gasteiger partial charge in [-0.15, -0.1) is 0 Å². The van der Waals surface area contributed by atoms with Gasteiger partial charge in [-0.3, -0.25) is 4.79 Å². The van der Waals surface area contributed by atoms with Gasteiger partial charge in [0.1, 0.15) is 28.8 Å². The van der Waals surface area contributed by atoms with Crippen LogP contribution in [0.3, 0.4) is 0 Å². The molecule has 4 aromatic rings. The van der Waals surface area contributed by atoms with Gasteiger partial charge in [0.2, 0.25) is 5.78 Å². The Kier molecular flexibility index (Phi) is 5.16. The van der Waals surface area contributed by atoms with E-state index in [0.717, 1.165) is 24.1 Å². The zero-order chi connectivity index (χ0) is 20.5. The van der Waals surface area contributed by atoms with E-state index >= 15 is 0 Å². The number of H-pyrrole nitrogens is 1. The van der Waals surface area contributed by atoms with Gasteiger partial charge in [-0.05, 0) is 36.2 Å². The maximum atomic E-state index is 15.0. The van der Waals surface area contributed by atoms with Gasteiger partial charge in [0, 0.05) is 6.20 Å². The van der Waals surface area contributed by atoms with Crippen molar-refractivity contribution in [1.29, 1.82) is 0 Å². The molecule has 0 saturated heterocycles. The van der Waals surface area contributed by atoms with Crippen molar-refractivity contribution in [2.75, 3.05) is 4.72 Å². The van der Waals surface area contributed by atoms with E-state index in [2.05, 4.69) is 19.7 Å². The predicted octanol–water partition coefficient (Wildman–Crippen LogP) is 5.38. The van der Waals surface area contributed by atoms with Crippen LogP contribution in [0.25, 0.3) is 11.0 Å². The molecule has 2 aromatic heterocycles. The van der Waals surface area contributed by atoms with Gasteiger partial charge in [0.25, 0.3) is 0 Å². The Morgan fingerprint density at radius 1 is 1.07 bits per heavy atom. The van der Waals surface area contributed by atoms with Crippen molar-refractivity contribution in [1.82, 2.24) is 15.0 Å². The number of anilines is 1. The Bertz CT molecular complexity index is 1250. The molecule has 0 bridgehead atoms. The minimum atomic E-state index is -1.11. The molecular formula is C19H10ClF3N4OS. The molecule has 0 aliphatic carbocycles. The lowest BCUT2D eigenvalue weighted by atomic mass is 10.0. The lowest BCUT2D eigenvalue weighted by Crippen LogP contribution is -2.09. The van der Waals surface area contributed by atoms with Gasteiger partial charge in [-0.2, -0.15) is 0 Å². The van der Waals surface area contributed by atoms with Crippen LogP contribution >= 0.6 is 23.5 Å². The first kappa shape index (κ1) is 19.3. The third kappa shape index (κ3) is 3.54. The molecule has 29 heavy (non-hydrogen) atoms. The molecule has 0 aliphatic heterocycles. The van der Waals surface area contributed by atoms with E-state index in [9.17, 15) is 18.0 Å². The van der Waals surface area contributed by atoms with Crippen LogP contribution in [0.4, 0.5) is 18.9 Å². The van der Waals surface area contributed by atoms with Crippen molar-refractivity contribution in [2.45, 2.75) is 4.90 Å². The minimum absolute atomic E-state index is 0.0233. The zero-order valence-corrected chi connectivity index (χ0v) is 15.9. The molecule has 0 saturated carbocycles. The number of nitrogens with zero attached hydrogens (tertiary/aromatic N) is 2. The van der Waals surface area contributed by atoms with Crippen LogP contribution in [0.15, 0.2) is 53.8 Å². The summed E-state index contributed by atoms with van der Waals surface area (Å²) in [5, 5.41) is 0.141. The smallest absolute Gasteiger partial charge is 0.201 e. The topological polar surface area (TPSA) is 70.7 Å². The molecule has 4 rings (SSSR count). The Morgan fingerprint density at radius 2 is 1.86 bits per heavy atom. The number of fused-ring (bicyclic) bond motifs is 1. The number of rotatable bonds is 5. The molecule has 146 valence electrons. The number of aromatic nitrogens is 3. The highest BCUT2D eigenvalue weighted by molar-refractivity contribution is 8.00. The van der Waals surface area contributed by atoms with Gasteiger partial charge >= 0.3 is 0 Å². The van der Waals surface area contributed by atoms with Crippen LogP contribution in [0.1, 0.15) is 15.9 Å². The van der Waals surface area contributed by atoms with E-state index in [1.54, 1.807) is 6.07 Å². The number of halogens is 4. The number of aromatic amines is 1. The Morgan fingerprint density at radius 3 is 2.66 bits per heavy atom. The summed E-state index contributed by atoms with van der Waals surface area (Å²) >= 11 is 6.81. The fourth-order valence-corrected chi connectivity index (χ4v) is 3.64. The maximum Gasteiger partial charge on any atom is 0.201 e. The summed E-state index contributed by atoms with van der Waals surface area (Å²) in [7, 11) is 0. The lowest BCUT2D eigenvalue weighted by Gasteiger charge is -2.11. The molecule has 2 aromatic carbocycles. The van der Waals surface area contributed by atoms with E-state index in [0.29, 0.717) is 0 Å². The lowest BCUT2D eigenvalue weighted by molar-refractivity contribution is 0.103. The van der Waals surface area contributed by atoms with Crippen molar-refractivity contribution in [2.24, 2.45) is 0 Å². The summed E-state index contributed by atoms with van der Waals surface area (Å²) < 4.78 is 45.7. The number of hydrogen-bond acceptors (Lipinski definition) is 5. The van der Waals surface area contributed by atoms with Crippen molar-refractivity contribution < 1.29 is 18.0 Å². The number of hydrogen-bond donors (Lipinski definition) is 2. The molecule has 2 N–H and O–H groups in total. The summed E-state index contributed by atoms with van der Waals surface area (Å²) in [6.07, 6.45) is 2.46. The van der Waals surface area contributed by atoms with E-state index < -0.39 is 28.8 Å². The molecule has 0 radical (unpaired) electrons. The van der Waals surface area contributed by atoms with Crippen molar-refractivity contribution >= 4 is 46.1 Å². The van der Waals surface area contributed by atoms with Crippen LogP contribution in [-0.4, -0.2) is 20.7 Å². The van der Waals surface area contributed by atoms with E-state index in [1.807, 2.05) is 0 Å². The van der Waals surface area contributed by atoms with E-state index in [4.69, 9.17) is 11.6 Å². The number of carbonyl (C=O) groups excluding carboxylic acids is 1. The SMILES string of the molecule is O=C(c1c(F)ccc(NSc2ccccc2F)c1F)c1c[nH]c2ncnc(Cl)c12. The minimum Gasteiger partial charge on any atom is -0.345 e. The Balaban J connectivity index is 1.71. The van der Waals surface area contributed by atoms with E-state index in [1.165, 1.54) is 30.7 Å². The Hall–Kier alpha value is -3.04. The molecule has 0 spiro atoms. The molecule has 0 aliphatic rings. The van der Waals surface area contributed by atoms with E-state index in [-0.39, 0.29) is 32.3 Å². The highest BCUT2D eigenvalue weighted by atomic mass is 35.5. The molecular weight excluding hydrogens is 425 g/mol. The second kappa shape index (κ2) is 7.76. The predicted molar refractivity (Wildman–Crippen MR) is 105 cm³/mol. The van der Waals surface area contributed by atoms with Crippen LogP contribution < -0.4 is 4.72 Å². The standard InChI is InChI=1S/C19H10ClF3N4OS/c20-18-14-9(7-24-19(14)26-8-25-18)17(28)15-11(22)5-6-12(16(15)23)27-29-13-4-2-1-3-10(13)21/h1-8,27H,(H,24,25,26). The summed E-state index contributed by atoms with van der Waals surface area (Å²) in [5.41, 5.74) is -0.754. The largest absolute Gasteiger partial charge is 0.345 e. The van der Waals surface area contributed by atoms with Crippen LogP contribution in [0.5, 0.6) is 0 Å². The molecule has 0 atom stereocenters. The quantitative estimate of drug-likeness (QED) is 0.251. The molecule has 0 fully saturated rings. The molecule has 2 heterocycles. The second-order valence-corrected chi connectivity index (χ2v) is 7.04. The van der Waals surface area contributed by atoms with Crippen molar-refractivity contribution in [3.63, 3.8) is 0 Å². The van der Waals surface area contributed by atoms with Crippen molar-refractivity contribution in [3.8, 4) is 0 Å². The molecule has 10 heteroatoms. The van der Waals surface area contributed by atoms with Crippen LogP contribution in [0, 0.1) is 17.5 Å². The number of carbonyl (C=O) groups is 1. The van der Waals surface area contributed by atoms with Crippen molar-refractivity contribution in [3.05, 3.63) is 82.7 Å². The summed E-state index contributed by atoms with van der Waals surface area (Å²) in [6.45, 7) is 0. The van der Waals surface area contributed by atoms with Gasteiger partial charge in [0.15, 0.2) is 5.82 Å². The summed E-state index contributed by atoms with van der Waals surface area (Å²) in [5.74, 6) is -3.59. The average Bonchev–Trinajstić information content (AvgIpc) is 3.14. The van der Waals surface area contributed by atoms with Gasteiger partial charge in [0.05, 0.1) is 27.1 Å².